The molecule has 1 amide bonds. The third-order valence-corrected chi connectivity index (χ3v) is 5.20. The van der Waals surface area contributed by atoms with Crippen molar-refractivity contribution in [3.63, 3.8) is 0 Å². The molecule has 1 aliphatic rings. The molecule has 0 saturated carbocycles. The second-order valence-corrected chi connectivity index (χ2v) is 7.36. The van der Waals surface area contributed by atoms with Crippen LogP contribution in [0, 0.1) is 0 Å². The molecule has 0 aliphatic carbocycles. The Kier molecular flexibility index (Phi) is 6.76. The molecule has 3 rings (SSSR count). The average molecular weight is 377 g/mol. The second-order valence-electron chi connectivity index (χ2n) is 5.88. The van der Waals surface area contributed by atoms with Gasteiger partial charge in [-0.25, -0.2) is 0 Å². The Hall–Kier alpha value is -1.53. The van der Waals surface area contributed by atoms with E-state index in [2.05, 4.69) is 22.3 Å². The van der Waals surface area contributed by atoms with E-state index < -0.39 is 0 Å². The number of rotatable bonds is 6. The van der Waals surface area contributed by atoms with Gasteiger partial charge in [0.05, 0.1) is 19.0 Å². The van der Waals surface area contributed by atoms with E-state index in [-0.39, 0.29) is 5.91 Å². The molecule has 2 aromatic rings. The molecule has 132 valence electrons. The van der Waals surface area contributed by atoms with Crippen LogP contribution in [0.3, 0.4) is 0 Å². The van der Waals surface area contributed by atoms with Gasteiger partial charge in [-0.3, -0.25) is 9.69 Å². The van der Waals surface area contributed by atoms with Gasteiger partial charge in [0.25, 0.3) is 0 Å². The number of hydrogen-bond donors (Lipinski definition) is 1. The fourth-order valence-electron chi connectivity index (χ4n) is 2.59. The number of benzene rings is 2. The van der Waals surface area contributed by atoms with Crippen molar-refractivity contribution in [2.75, 3.05) is 37.4 Å². The van der Waals surface area contributed by atoms with Gasteiger partial charge in [-0.15, -0.1) is 11.8 Å². The maximum Gasteiger partial charge on any atom is 0.234 e. The molecule has 0 radical (unpaired) electrons. The van der Waals surface area contributed by atoms with Crippen molar-refractivity contribution in [3.05, 3.63) is 59.1 Å². The molecule has 25 heavy (non-hydrogen) atoms. The minimum absolute atomic E-state index is 0.0131. The molecule has 0 atom stereocenters. The smallest absolute Gasteiger partial charge is 0.234 e. The summed E-state index contributed by atoms with van der Waals surface area (Å²) in [6, 6.07) is 15.5. The van der Waals surface area contributed by atoms with E-state index in [1.807, 2.05) is 36.4 Å². The first-order valence-corrected chi connectivity index (χ1v) is 9.63. The van der Waals surface area contributed by atoms with Crippen LogP contribution in [0.2, 0.25) is 5.02 Å². The van der Waals surface area contributed by atoms with E-state index in [0.29, 0.717) is 10.8 Å². The average Bonchev–Trinajstić information content (AvgIpc) is 2.64. The zero-order valence-electron chi connectivity index (χ0n) is 13.9. The highest BCUT2D eigenvalue weighted by Gasteiger charge is 2.10. The third-order valence-electron chi connectivity index (χ3n) is 3.93. The molecule has 6 heteroatoms. The lowest BCUT2D eigenvalue weighted by Gasteiger charge is -2.26. The fourth-order valence-corrected chi connectivity index (χ4v) is 3.41. The number of nitrogens with one attached hydrogen (secondary N) is 1. The van der Waals surface area contributed by atoms with Crippen molar-refractivity contribution < 1.29 is 9.53 Å². The molecule has 1 N–H and O–H groups in total. The number of halogens is 1. The number of hydrogen-bond acceptors (Lipinski definition) is 4. The van der Waals surface area contributed by atoms with Crippen LogP contribution in [-0.2, 0) is 16.1 Å². The number of thioether (sulfide) groups is 1. The van der Waals surface area contributed by atoms with Crippen LogP contribution in [0.4, 0.5) is 5.69 Å². The minimum Gasteiger partial charge on any atom is -0.379 e. The summed E-state index contributed by atoms with van der Waals surface area (Å²) in [6.45, 7) is 4.48. The van der Waals surface area contributed by atoms with Crippen LogP contribution in [0.5, 0.6) is 0 Å². The largest absolute Gasteiger partial charge is 0.379 e. The highest BCUT2D eigenvalue weighted by molar-refractivity contribution is 8.00. The van der Waals surface area contributed by atoms with Gasteiger partial charge in [-0.2, -0.15) is 0 Å². The Bertz CT molecular complexity index is 686. The summed E-state index contributed by atoms with van der Waals surface area (Å²) in [4.78, 5) is 15.5. The maximum absolute atomic E-state index is 12.1. The van der Waals surface area contributed by atoms with E-state index in [1.54, 1.807) is 0 Å². The molecule has 1 heterocycles. The van der Waals surface area contributed by atoms with Gasteiger partial charge in [0.15, 0.2) is 0 Å². The third kappa shape index (κ3) is 6.04. The molecule has 0 aromatic heterocycles. The Morgan fingerprint density at radius 3 is 2.44 bits per heavy atom. The van der Waals surface area contributed by atoms with E-state index in [9.17, 15) is 4.79 Å². The highest BCUT2D eigenvalue weighted by Crippen LogP contribution is 2.20. The molecular formula is C19H21ClN2O2S. The van der Waals surface area contributed by atoms with Gasteiger partial charge in [-0.1, -0.05) is 23.7 Å². The van der Waals surface area contributed by atoms with Crippen LogP contribution in [0.1, 0.15) is 5.56 Å². The number of amides is 1. The fraction of sp³-hybridized carbons (Fsp3) is 0.316. The summed E-state index contributed by atoms with van der Waals surface area (Å²) < 4.78 is 5.36. The van der Waals surface area contributed by atoms with Crippen LogP contribution >= 0.6 is 23.4 Å². The highest BCUT2D eigenvalue weighted by atomic mass is 35.5. The SMILES string of the molecule is O=C(CSc1ccc(Cl)cc1)Nc1ccc(CN2CCOCC2)cc1. The molecule has 2 aromatic carbocycles. The Labute approximate surface area is 157 Å². The molecule has 1 saturated heterocycles. The van der Waals surface area contributed by atoms with Crippen molar-refractivity contribution >= 4 is 35.0 Å². The lowest BCUT2D eigenvalue weighted by Crippen LogP contribution is -2.35. The van der Waals surface area contributed by atoms with Crippen LogP contribution in [-0.4, -0.2) is 42.9 Å². The Balaban J connectivity index is 1.45. The second kappa shape index (κ2) is 9.25. The van der Waals surface area contributed by atoms with Crippen LogP contribution in [0.15, 0.2) is 53.4 Å². The Morgan fingerprint density at radius 1 is 1.08 bits per heavy atom. The predicted octanol–water partition coefficient (Wildman–Crippen LogP) is 3.90. The quantitative estimate of drug-likeness (QED) is 0.776. The van der Waals surface area contributed by atoms with Gasteiger partial charge in [0.2, 0.25) is 5.91 Å². The zero-order chi connectivity index (χ0) is 17.5. The zero-order valence-corrected chi connectivity index (χ0v) is 15.5. The molecule has 0 spiro atoms. The molecule has 0 unspecified atom stereocenters. The van der Waals surface area contributed by atoms with E-state index in [4.69, 9.17) is 16.3 Å². The van der Waals surface area contributed by atoms with Crippen LogP contribution in [0.25, 0.3) is 0 Å². The summed E-state index contributed by atoms with van der Waals surface area (Å²) >= 11 is 7.35. The van der Waals surface area contributed by atoms with Crippen molar-refractivity contribution in [3.8, 4) is 0 Å². The topological polar surface area (TPSA) is 41.6 Å². The molecule has 1 aliphatic heterocycles. The molecule has 1 fully saturated rings. The first kappa shape index (κ1) is 18.3. The summed E-state index contributed by atoms with van der Waals surface area (Å²) in [5.41, 5.74) is 2.07. The van der Waals surface area contributed by atoms with Crippen molar-refractivity contribution in [1.29, 1.82) is 0 Å². The van der Waals surface area contributed by atoms with Gasteiger partial charge in [0.1, 0.15) is 0 Å². The number of anilines is 1. The number of carbonyl (C=O) groups excluding carboxylic acids is 1. The maximum atomic E-state index is 12.1. The number of morpholine rings is 1. The number of nitrogens with zero attached hydrogens (tertiary/aromatic N) is 1. The van der Waals surface area contributed by atoms with E-state index in [0.717, 1.165) is 43.4 Å². The summed E-state index contributed by atoms with van der Waals surface area (Å²) in [5.74, 6) is 0.359. The number of carbonyl (C=O) groups is 1. The molecular weight excluding hydrogens is 356 g/mol. The minimum atomic E-state index is -0.0131. The monoisotopic (exact) mass is 376 g/mol. The van der Waals surface area contributed by atoms with Gasteiger partial charge in [0, 0.05) is 35.2 Å². The molecule has 4 nitrogen and oxygen atoms in total. The Morgan fingerprint density at radius 2 is 1.76 bits per heavy atom. The van der Waals surface area contributed by atoms with E-state index >= 15 is 0 Å². The lowest BCUT2D eigenvalue weighted by atomic mass is 10.2. The first-order chi connectivity index (χ1) is 12.2. The van der Waals surface area contributed by atoms with Gasteiger partial charge in [-0.05, 0) is 42.0 Å². The standard InChI is InChI=1S/C19H21ClN2O2S/c20-16-3-7-18(8-4-16)25-14-19(23)21-17-5-1-15(2-6-17)13-22-9-11-24-12-10-22/h1-8H,9-14H2,(H,21,23). The predicted molar refractivity (Wildman–Crippen MR) is 103 cm³/mol. The van der Waals surface area contributed by atoms with Crippen molar-refractivity contribution in [1.82, 2.24) is 4.90 Å². The van der Waals surface area contributed by atoms with Gasteiger partial charge >= 0.3 is 0 Å². The van der Waals surface area contributed by atoms with Gasteiger partial charge < -0.3 is 10.1 Å². The summed E-state index contributed by atoms with van der Waals surface area (Å²) in [6.07, 6.45) is 0. The summed E-state index contributed by atoms with van der Waals surface area (Å²) in [7, 11) is 0. The van der Waals surface area contributed by atoms with Crippen LogP contribution < -0.4 is 5.32 Å². The molecule has 0 bridgehead atoms. The van der Waals surface area contributed by atoms with E-state index in [1.165, 1.54) is 17.3 Å². The normalized spacial score (nSPS) is 15.1. The first-order valence-electron chi connectivity index (χ1n) is 8.26. The summed E-state index contributed by atoms with van der Waals surface area (Å²) in [5, 5.41) is 3.63. The van der Waals surface area contributed by atoms with Crippen molar-refractivity contribution in [2.24, 2.45) is 0 Å². The number of ether oxygens (including phenoxy) is 1. The lowest BCUT2D eigenvalue weighted by molar-refractivity contribution is -0.113. The van der Waals surface area contributed by atoms with Crippen molar-refractivity contribution in [2.45, 2.75) is 11.4 Å².